The van der Waals surface area contributed by atoms with E-state index in [9.17, 15) is 72.9 Å². The molecular weight excluding hydrogens is 1400 g/mol. The van der Waals surface area contributed by atoms with Crippen molar-refractivity contribution in [1.82, 2.24) is 73.2 Å². The topological polar surface area (TPSA) is 549 Å². The lowest BCUT2D eigenvalue weighted by Crippen LogP contribution is -2.63. The molecule has 36 nitrogen and oxygen atoms in total. The van der Waals surface area contributed by atoms with Crippen molar-refractivity contribution in [2.75, 3.05) is 57.4 Å². The fourth-order valence-corrected chi connectivity index (χ4v) is 15.1. The van der Waals surface area contributed by atoms with Gasteiger partial charge >= 0.3 is 5.97 Å². The van der Waals surface area contributed by atoms with Gasteiger partial charge in [0.15, 0.2) is 5.96 Å². The van der Waals surface area contributed by atoms with E-state index >= 15 is 14.4 Å². The number of nitrogens with zero attached hydrogens (tertiary/aromatic N) is 4. The number of nitrogens with two attached hydrogens (primary N) is 3. The van der Waals surface area contributed by atoms with Crippen molar-refractivity contribution in [3.05, 3.63) is 35.9 Å². The number of rotatable bonds is 17. The van der Waals surface area contributed by atoms with Gasteiger partial charge in [-0.05, 0) is 95.1 Å². The van der Waals surface area contributed by atoms with Crippen molar-refractivity contribution in [2.24, 2.45) is 34.0 Å². The number of carbonyl (C=O) groups is 15. The summed E-state index contributed by atoms with van der Waals surface area (Å²) >= 11 is 0. The van der Waals surface area contributed by atoms with Crippen LogP contribution in [-0.4, -0.2) is 267 Å². The predicted octanol–water partition coefficient (Wildman–Crippen LogP) is -5.69. The smallest absolute Gasteiger partial charge is 0.305 e. The molecular formula is C66H102N18O18S2. The molecule has 104 heavy (non-hydrogen) atoms. The predicted molar refractivity (Wildman–Crippen MR) is 380 cm³/mol. The highest BCUT2D eigenvalue weighted by molar-refractivity contribution is 8.76. The van der Waals surface area contributed by atoms with Gasteiger partial charge in [-0.1, -0.05) is 92.5 Å². The second-order valence-corrected chi connectivity index (χ2v) is 29.2. The van der Waals surface area contributed by atoms with Crippen LogP contribution in [0.3, 0.4) is 0 Å². The molecule has 0 spiro atoms. The van der Waals surface area contributed by atoms with E-state index in [1.807, 2.05) is 0 Å². The summed E-state index contributed by atoms with van der Waals surface area (Å²) in [6, 6.07) is -11.6. The summed E-state index contributed by atoms with van der Waals surface area (Å²) in [7, 11) is 1.69. The molecule has 5 aliphatic rings. The van der Waals surface area contributed by atoms with E-state index in [1.165, 1.54) is 14.7 Å². The van der Waals surface area contributed by atoms with Crippen LogP contribution in [0.2, 0.25) is 0 Å². The van der Waals surface area contributed by atoms with Crippen LogP contribution in [0.15, 0.2) is 35.3 Å². The van der Waals surface area contributed by atoms with Crippen LogP contribution in [0.5, 0.6) is 0 Å². The molecule has 5 aliphatic heterocycles. The van der Waals surface area contributed by atoms with Gasteiger partial charge in [-0.15, -0.1) is 0 Å². The first-order valence-electron chi connectivity index (χ1n) is 35.3. The van der Waals surface area contributed by atoms with Crippen molar-refractivity contribution in [1.29, 1.82) is 0 Å². The Balaban J connectivity index is 1.50. The van der Waals surface area contributed by atoms with Gasteiger partial charge in [0, 0.05) is 44.1 Å². The summed E-state index contributed by atoms with van der Waals surface area (Å²) in [6.07, 6.45) is -1.52. The fraction of sp³-hybridized carbons (Fsp3) is 0.667. The number of aliphatic carboxylic acids is 1. The first kappa shape index (κ1) is 84.1. The lowest BCUT2D eigenvalue weighted by Gasteiger charge is -2.35. The second kappa shape index (κ2) is 41.0. The zero-order valence-electron chi connectivity index (χ0n) is 59.2. The van der Waals surface area contributed by atoms with Gasteiger partial charge < -0.3 is 106 Å². The largest absolute Gasteiger partial charge is 0.481 e. The van der Waals surface area contributed by atoms with E-state index in [2.05, 4.69) is 63.5 Å². The van der Waals surface area contributed by atoms with Crippen molar-refractivity contribution in [2.45, 2.75) is 209 Å². The Morgan fingerprint density at radius 2 is 1.01 bits per heavy atom. The minimum absolute atomic E-state index is 0.0105. The highest BCUT2D eigenvalue weighted by Crippen LogP contribution is 2.29. The standard InChI is InChI=1S/C66H102N18O18S2/c1-6-34(3)50-61(98)78-43-32-103-104-33-44(77-54(91)38(19-12-24-70-66(68)69)72-48(87)30-71-53(90)40(29-49(88)89)74-59(96)45-20-13-25-82(45)63(100)41(75-57(43)94)28-37-16-9-8-10-17-37)58(95)81-52(36(5)86)62(99)73-39(18-11-23-67)55(92)76-42(31-85)56(93)80-51(35(4)7-2)65(102)84-27-15-22-47(84)64(101)83-26-14-21-46(83)60(97)79-50/h8-10,16-17,34-36,38-47,50-52,85-86H,6-7,11-15,18-33,67H2,1-5H3,(H,71,90)(H,72,87)(H,73,99)(H,74,96)(H,75,94)(H,76,92)(H,77,91)(H,78,98)(H,79,97)(H,80,93)(H,81,95)(H,88,89)(H4,68,69,70)/t34-,35-,36+,38-,39-,40-,41-,42-,43-,44-,45+,46-,47-,50-,51-,52-/m0/s1. The normalized spacial score (nSPS) is 28.7. The van der Waals surface area contributed by atoms with Gasteiger partial charge in [0.25, 0.3) is 0 Å². The average Bonchev–Trinajstić information content (AvgIpc) is 1.64. The van der Waals surface area contributed by atoms with E-state index in [4.69, 9.17) is 17.2 Å². The van der Waals surface area contributed by atoms with Crippen molar-refractivity contribution >= 4 is 116 Å². The van der Waals surface area contributed by atoms with E-state index in [0.29, 0.717) is 24.8 Å². The summed E-state index contributed by atoms with van der Waals surface area (Å²) in [5.74, 6) is -17.3. The summed E-state index contributed by atoms with van der Waals surface area (Å²) in [5.41, 5.74) is 17.5. The van der Waals surface area contributed by atoms with Crippen LogP contribution >= 0.6 is 21.6 Å². The summed E-state index contributed by atoms with van der Waals surface area (Å²) in [4.78, 5) is 225. The quantitative estimate of drug-likeness (QED) is 0.0299. The molecule has 1 aromatic rings. The lowest BCUT2D eigenvalue weighted by atomic mass is 9.96. The van der Waals surface area contributed by atoms with Gasteiger partial charge in [-0.2, -0.15) is 0 Å². The number of carbonyl (C=O) groups excluding carboxylic acids is 14. The number of carboxylic acids is 1. The van der Waals surface area contributed by atoms with Crippen LogP contribution in [0.25, 0.3) is 0 Å². The maximum atomic E-state index is 15.3. The van der Waals surface area contributed by atoms with Gasteiger partial charge in [-0.3, -0.25) is 76.9 Å². The SMILES string of the molecule is CC[C@H](C)[C@@H]1NC(=O)[C@@H]2CCCN2C(=O)[C@@H]2CCCN2C(=O)[C@H]([C@@H](C)CC)NC(=O)[C@H](CO)NC(=O)[C@H](CCCN)NC(=O)[C@H]([C@@H](C)O)NC(=O)[C@@H]2CSSC[C@H](NC1=O)C(=O)N[C@@H](Cc1ccccc1)C(=O)N1CCC[C@@H]1C(=O)N[C@@H](CC(=O)O)C(=O)NCC(=O)N[C@@H](CCCN=C(N)N)C(=O)N2. The minimum Gasteiger partial charge on any atom is -0.481 e. The van der Waals surface area contributed by atoms with Crippen molar-refractivity contribution < 1.29 is 87.2 Å². The number of aliphatic hydroxyl groups is 2. The third-order valence-corrected chi connectivity index (χ3v) is 21.4. The number of hydrogen-bond donors (Lipinski definition) is 17. The van der Waals surface area contributed by atoms with E-state index in [-0.39, 0.29) is 103 Å². The van der Waals surface area contributed by atoms with Gasteiger partial charge in [0.05, 0.1) is 25.7 Å². The molecule has 0 radical (unpaired) electrons. The van der Waals surface area contributed by atoms with E-state index in [0.717, 1.165) is 28.5 Å². The maximum absolute atomic E-state index is 15.3. The van der Waals surface area contributed by atoms with Crippen molar-refractivity contribution in [3.8, 4) is 0 Å². The van der Waals surface area contributed by atoms with Crippen LogP contribution in [0, 0.1) is 11.8 Å². The average molecular weight is 1500 g/mol. The number of hydrogen-bond acceptors (Lipinski definition) is 21. The van der Waals surface area contributed by atoms with E-state index < -0.39 is 216 Å². The Hall–Kier alpha value is -8.88. The second-order valence-electron chi connectivity index (χ2n) is 26.7. The summed E-state index contributed by atoms with van der Waals surface area (Å²) < 4.78 is 0. The molecule has 0 saturated carbocycles. The van der Waals surface area contributed by atoms with Gasteiger partial charge in [0.2, 0.25) is 82.7 Å². The minimum atomic E-state index is -1.95. The first-order chi connectivity index (χ1) is 49.5. The van der Waals surface area contributed by atoms with Crippen molar-refractivity contribution in [3.63, 3.8) is 0 Å². The Morgan fingerprint density at radius 3 is 1.59 bits per heavy atom. The molecule has 5 heterocycles. The summed E-state index contributed by atoms with van der Waals surface area (Å²) in [6.45, 7) is 6.02. The number of fused-ring (bicyclic) bond motifs is 8. The van der Waals surface area contributed by atoms with Crippen LogP contribution in [-0.2, 0) is 78.3 Å². The third kappa shape index (κ3) is 23.8. The number of carboxylic acid groups (broad SMARTS) is 1. The molecule has 38 heteroatoms. The number of aliphatic imine (C=N–C) groups is 1. The molecule has 1 aromatic carbocycles. The van der Waals surface area contributed by atoms with Gasteiger partial charge in [0.1, 0.15) is 78.5 Å². The Labute approximate surface area is 610 Å². The Morgan fingerprint density at radius 1 is 0.538 bits per heavy atom. The Bertz CT molecular complexity index is 3280. The monoisotopic (exact) mass is 1500 g/mol. The fourth-order valence-electron chi connectivity index (χ4n) is 12.7. The zero-order valence-corrected chi connectivity index (χ0v) is 60.8. The molecule has 0 aromatic heterocycles. The number of amides is 14. The number of benzene rings is 1. The molecule has 6 rings (SSSR count). The highest BCUT2D eigenvalue weighted by atomic mass is 33.1. The molecule has 0 unspecified atom stereocenters. The molecule has 576 valence electrons. The Kier molecular flexibility index (Phi) is 33.1. The van der Waals surface area contributed by atoms with Crippen LogP contribution in [0.1, 0.15) is 124 Å². The van der Waals surface area contributed by atoms with Crippen LogP contribution in [0.4, 0.5) is 0 Å². The molecule has 2 bridgehead atoms. The molecule has 20 N–H and O–H groups in total. The summed E-state index contributed by atoms with van der Waals surface area (Å²) in [5, 5.41) is 59.9. The number of nitrogens with one attached hydrogen (secondary N) is 11. The molecule has 14 amide bonds. The zero-order chi connectivity index (χ0) is 76.5. The number of guanidine groups is 1. The highest BCUT2D eigenvalue weighted by Gasteiger charge is 2.47. The van der Waals surface area contributed by atoms with Gasteiger partial charge in [-0.25, -0.2) is 0 Å². The molecule has 5 saturated heterocycles. The lowest BCUT2D eigenvalue weighted by molar-refractivity contribution is -0.149. The maximum Gasteiger partial charge on any atom is 0.305 e. The number of aliphatic hydroxyl groups excluding tert-OH is 2. The molecule has 5 fully saturated rings. The molecule has 16 atom stereocenters. The first-order valence-corrected chi connectivity index (χ1v) is 37.8. The molecule has 0 aliphatic carbocycles. The van der Waals surface area contributed by atoms with E-state index in [1.54, 1.807) is 58.0 Å². The third-order valence-electron chi connectivity index (χ3n) is 19.0. The van der Waals surface area contributed by atoms with Crippen LogP contribution < -0.4 is 75.7 Å².